The molecule has 0 radical (unpaired) electrons. The molecule has 0 aromatic carbocycles. The highest BCUT2D eigenvalue weighted by Crippen LogP contribution is 2.37. The largest absolute Gasteiger partial charge is 0.316 e. The Kier molecular flexibility index (Phi) is 3.40. The van der Waals surface area contributed by atoms with Gasteiger partial charge in [0.2, 0.25) is 0 Å². The Morgan fingerprint density at radius 3 is 2.44 bits per heavy atom. The maximum absolute atomic E-state index is 5.09. The second-order valence-electron chi connectivity index (χ2n) is 6.30. The minimum Gasteiger partial charge on any atom is -0.316 e. The van der Waals surface area contributed by atoms with E-state index in [0.717, 1.165) is 30.4 Å². The van der Waals surface area contributed by atoms with Crippen LogP contribution in [0.1, 0.15) is 40.0 Å². The molecule has 0 bridgehead atoms. The zero-order valence-electron chi connectivity index (χ0n) is 10.6. The summed E-state index contributed by atoms with van der Waals surface area (Å²) in [5.41, 5.74) is 0.507. The fourth-order valence-electron chi connectivity index (χ4n) is 3.46. The molecule has 1 aliphatic heterocycles. The van der Waals surface area contributed by atoms with Crippen molar-refractivity contribution >= 4 is 17.3 Å². The van der Waals surface area contributed by atoms with E-state index in [1.807, 2.05) is 0 Å². The van der Waals surface area contributed by atoms with E-state index in [9.17, 15) is 0 Å². The van der Waals surface area contributed by atoms with E-state index in [-0.39, 0.29) is 0 Å². The lowest BCUT2D eigenvalue weighted by Gasteiger charge is -2.43. The summed E-state index contributed by atoms with van der Waals surface area (Å²) in [6.45, 7) is 9.18. The predicted octanol–water partition coefficient (Wildman–Crippen LogP) is 0.479. The quantitative estimate of drug-likeness (QED) is 0.584. The van der Waals surface area contributed by atoms with Crippen molar-refractivity contribution in [3.8, 4) is 0 Å². The Morgan fingerprint density at radius 1 is 1.25 bits per heavy atom. The molecule has 0 amide bonds. The highest BCUT2D eigenvalue weighted by Gasteiger charge is 2.37. The van der Waals surface area contributed by atoms with Crippen LogP contribution in [0.15, 0.2) is 0 Å². The van der Waals surface area contributed by atoms with Crippen LogP contribution >= 0.6 is 12.2 Å². The van der Waals surface area contributed by atoms with Crippen LogP contribution in [0.3, 0.4) is 0 Å². The molecule has 0 unspecified atom stereocenters. The van der Waals surface area contributed by atoms with Gasteiger partial charge in [-0.1, -0.05) is 20.8 Å². The predicted molar refractivity (Wildman–Crippen MR) is 70.2 cm³/mol. The number of rotatable bonds is 1. The smallest absolute Gasteiger partial charge is 0.174 e. The van der Waals surface area contributed by atoms with Crippen LogP contribution < -0.4 is 15.5 Å². The molecule has 1 aliphatic carbocycles. The molecule has 2 rings (SSSR count). The van der Waals surface area contributed by atoms with Gasteiger partial charge in [0.15, 0.2) is 18.4 Å². The first-order chi connectivity index (χ1) is 7.46. The average molecular weight is 242 g/mol. The number of thiocarbonyl (C=S) groups is 1. The lowest BCUT2D eigenvalue weighted by atomic mass is 9.70. The Labute approximate surface area is 104 Å². The van der Waals surface area contributed by atoms with Crippen molar-refractivity contribution in [3.63, 3.8) is 0 Å². The third-order valence-corrected chi connectivity index (χ3v) is 4.20. The summed E-state index contributed by atoms with van der Waals surface area (Å²) in [6, 6.07) is 0.779. The lowest BCUT2D eigenvalue weighted by molar-refractivity contribution is -0.934. The van der Waals surface area contributed by atoms with Crippen molar-refractivity contribution < 1.29 is 4.90 Å². The van der Waals surface area contributed by atoms with Crippen molar-refractivity contribution in [1.29, 1.82) is 0 Å². The summed E-state index contributed by atoms with van der Waals surface area (Å²) in [4.78, 5) is 1.62. The monoisotopic (exact) mass is 242 g/mol. The fourth-order valence-corrected chi connectivity index (χ4v) is 3.60. The molecule has 0 aromatic rings. The molecule has 92 valence electrons. The van der Waals surface area contributed by atoms with Gasteiger partial charge in [0, 0.05) is 12.8 Å². The Morgan fingerprint density at radius 2 is 1.88 bits per heavy atom. The van der Waals surface area contributed by atoms with Crippen molar-refractivity contribution in [2.75, 3.05) is 13.3 Å². The molecule has 2 atom stereocenters. The SMILES string of the molecule is C[C@@H]1C[C@@H]([NH+]2CNC(=S)NC2)CC(C)(C)C1. The molecule has 2 fully saturated rings. The van der Waals surface area contributed by atoms with Crippen LogP contribution in [0.25, 0.3) is 0 Å². The van der Waals surface area contributed by atoms with E-state index < -0.39 is 0 Å². The van der Waals surface area contributed by atoms with E-state index in [0.29, 0.717) is 5.41 Å². The topological polar surface area (TPSA) is 28.5 Å². The second-order valence-corrected chi connectivity index (χ2v) is 6.71. The summed E-state index contributed by atoms with van der Waals surface area (Å²) in [7, 11) is 0. The van der Waals surface area contributed by atoms with Gasteiger partial charge >= 0.3 is 0 Å². The fraction of sp³-hybridized carbons (Fsp3) is 0.917. The molecule has 1 heterocycles. The van der Waals surface area contributed by atoms with E-state index in [4.69, 9.17) is 12.2 Å². The Hall–Kier alpha value is -0.350. The van der Waals surface area contributed by atoms with Crippen molar-refractivity contribution in [2.24, 2.45) is 11.3 Å². The van der Waals surface area contributed by atoms with Gasteiger partial charge in [0.05, 0.1) is 6.04 Å². The van der Waals surface area contributed by atoms with Crippen LogP contribution in [0.2, 0.25) is 0 Å². The Bertz CT molecular complexity index is 267. The van der Waals surface area contributed by atoms with Crippen LogP contribution in [-0.2, 0) is 0 Å². The maximum Gasteiger partial charge on any atom is 0.174 e. The first-order valence-corrected chi connectivity index (χ1v) is 6.73. The summed E-state index contributed by atoms with van der Waals surface area (Å²) in [6.07, 6.45) is 4.06. The van der Waals surface area contributed by atoms with Crippen molar-refractivity contribution in [1.82, 2.24) is 10.6 Å². The minimum atomic E-state index is 0.507. The minimum absolute atomic E-state index is 0.507. The molecule has 3 nitrogen and oxygen atoms in total. The second kappa shape index (κ2) is 4.49. The molecule has 1 saturated carbocycles. The number of quaternary nitrogens is 1. The first-order valence-electron chi connectivity index (χ1n) is 6.32. The van der Waals surface area contributed by atoms with Gasteiger partial charge < -0.3 is 10.6 Å². The van der Waals surface area contributed by atoms with Crippen LogP contribution in [-0.4, -0.2) is 24.5 Å². The lowest BCUT2D eigenvalue weighted by Crippen LogP contribution is -3.20. The van der Waals surface area contributed by atoms with Gasteiger partial charge in [-0.05, 0) is 30.0 Å². The number of nitrogens with one attached hydrogen (secondary N) is 3. The molecular weight excluding hydrogens is 218 g/mol. The van der Waals surface area contributed by atoms with Gasteiger partial charge in [-0.3, -0.25) is 4.90 Å². The summed E-state index contributed by atoms with van der Waals surface area (Å²) < 4.78 is 0. The van der Waals surface area contributed by atoms with Gasteiger partial charge in [-0.25, -0.2) is 0 Å². The third-order valence-electron chi connectivity index (χ3n) is 3.92. The summed E-state index contributed by atoms with van der Waals surface area (Å²) >= 11 is 5.09. The third kappa shape index (κ3) is 2.86. The molecule has 2 aliphatic rings. The van der Waals surface area contributed by atoms with Crippen LogP contribution in [0, 0.1) is 11.3 Å². The van der Waals surface area contributed by atoms with Crippen molar-refractivity contribution in [2.45, 2.75) is 46.1 Å². The van der Waals surface area contributed by atoms with Gasteiger partial charge in [0.25, 0.3) is 0 Å². The molecule has 3 N–H and O–H groups in total. The van der Waals surface area contributed by atoms with E-state index in [2.05, 4.69) is 31.4 Å². The van der Waals surface area contributed by atoms with E-state index >= 15 is 0 Å². The van der Waals surface area contributed by atoms with Crippen molar-refractivity contribution in [3.05, 3.63) is 0 Å². The normalized spacial score (nSPS) is 35.3. The standard InChI is InChI=1S/C12H23N3S/c1-9-4-10(6-12(2,3)5-9)15-7-13-11(16)14-8-15/h9-10H,4-8H2,1-3H3,(H2,13,14,16)/p+1/t9-,10-/m1/s1. The zero-order chi connectivity index (χ0) is 11.8. The number of hydrogen-bond donors (Lipinski definition) is 3. The summed E-state index contributed by atoms with van der Waals surface area (Å²) in [5, 5.41) is 7.32. The number of hydrogen-bond acceptors (Lipinski definition) is 1. The average Bonchev–Trinajstić information content (AvgIpc) is 2.15. The van der Waals surface area contributed by atoms with E-state index in [1.54, 1.807) is 4.90 Å². The van der Waals surface area contributed by atoms with Gasteiger partial charge in [0.1, 0.15) is 0 Å². The Balaban J connectivity index is 1.96. The zero-order valence-corrected chi connectivity index (χ0v) is 11.4. The maximum atomic E-state index is 5.09. The molecule has 1 saturated heterocycles. The highest BCUT2D eigenvalue weighted by atomic mass is 32.1. The van der Waals surface area contributed by atoms with Crippen LogP contribution in [0.5, 0.6) is 0 Å². The molecular formula is C12H24N3S+. The molecule has 16 heavy (non-hydrogen) atoms. The molecule has 0 aromatic heterocycles. The van der Waals surface area contributed by atoms with Crippen LogP contribution in [0.4, 0.5) is 0 Å². The molecule has 4 heteroatoms. The summed E-state index contributed by atoms with van der Waals surface area (Å²) in [5.74, 6) is 0.857. The van der Waals surface area contributed by atoms with Gasteiger partial charge in [-0.2, -0.15) is 0 Å². The first kappa shape index (κ1) is 12.1. The highest BCUT2D eigenvalue weighted by molar-refractivity contribution is 7.80. The van der Waals surface area contributed by atoms with E-state index in [1.165, 1.54) is 19.3 Å². The molecule has 0 spiro atoms. The van der Waals surface area contributed by atoms with Gasteiger partial charge in [-0.15, -0.1) is 0 Å².